The van der Waals surface area contributed by atoms with Gasteiger partial charge >= 0.3 is 0 Å². The molecule has 1 saturated carbocycles. The minimum absolute atomic E-state index is 0.0672. The van der Waals surface area contributed by atoms with E-state index in [9.17, 15) is 15.3 Å². The SMILES string of the molecule is C[C@]12CC[C@H]3C(=C1CC[C@@H]2O)C=CC1=C[C@@H](O)CC[C@@]13CO. The smallest absolute Gasteiger partial charge is 0.0727 e. The van der Waals surface area contributed by atoms with E-state index in [1.165, 1.54) is 11.1 Å². The lowest BCUT2D eigenvalue weighted by Crippen LogP contribution is -2.45. The minimum atomic E-state index is -0.379. The number of aliphatic hydroxyl groups is 3. The van der Waals surface area contributed by atoms with Gasteiger partial charge in [0.25, 0.3) is 0 Å². The summed E-state index contributed by atoms with van der Waals surface area (Å²) in [5, 5.41) is 30.6. The maximum Gasteiger partial charge on any atom is 0.0727 e. The van der Waals surface area contributed by atoms with Crippen LogP contribution in [0.3, 0.4) is 0 Å². The highest BCUT2D eigenvalue weighted by atomic mass is 16.3. The van der Waals surface area contributed by atoms with Crippen molar-refractivity contribution in [1.29, 1.82) is 0 Å². The standard InChI is InChI=1S/C19H26O3/c1-18-8-7-16-14(15(18)4-5-17(18)22)3-2-12-10-13(21)6-9-19(12,16)11-20/h2-3,10,13,16-17,20-22H,4-9,11H2,1H3/t13-,16-,17-,18-,19+/m0/s1. The van der Waals surface area contributed by atoms with Crippen LogP contribution in [-0.2, 0) is 0 Å². The summed E-state index contributed by atoms with van der Waals surface area (Å²) in [5.74, 6) is 0.342. The summed E-state index contributed by atoms with van der Waals surface area (Å²) in [5.41, 5.74) is 3.62. The normalized spacial score (nSPS) is 46.9. The number of fused-ring (bicyclic) bond motifs is 4. The fraction of sp³-hybridized carbons (Fsp3) is 0.684. The number of hydrogen-bond donors (Lipinski definition) is 3. The van der Waals surface area contributed by atoms with Gasteiger partial charge in [0, 0.05) is 10.8 Å². The van der Waals surface area contributed by atoms with Crippen LogP contribution in [0, 0.1) is 16.7 Å². The van der Waals surface area contributed by atoms with Crippen LogP contribution < -0.4 is 0 Å². The van der Waals surface area contributed by atoms with Crippen LogP contribution in [0.15, 0.2) is 34.9 Å². The second-order valence-electron chi connectivity index (χ2n) is 7.87. The zero-order chi connectivity index (χ0) is 15.5. The number of rotatable bonds is 1. The van der Waals surface area contributed by atoms with Crippen molar-refractivity contribution in [1.82, 2.24) is 0 Å². The molecule has 0 aromatic rings. The maximum absolute atomic E-state index is 10.4. The molecule has 4 aliphatic carbocycles. The van der Waals surface area contributed by atoms with Gasteiger partial charge in [-0.2, -0.15) is 0 Å². The van der Waals surface area contributed by atoms with E-state index in [2.05, 4.69) is 19.1 Å². The van der Waals surface area contributed by atoms with Gasteiger partial charge in [0.1, 0.15) is 0 Å². The number of hydrogen-bond acceptors (Lipinski definition) is 3. The van der Waals surface area contributed by atoms with Gasteiger partial charge in [0.05, 0.1) is 18.8 Å². The average Bonchev–Trinajstić information content (AvgIpc) is 2.82. The number of aliphatic hydroxyl groups excluding tert-OH is 3. The van der Waals surface area contributed by atoms with Crippen molar-refractivity contribution >= 4 is 0 Å². The molecule has 0 bridgehead atoms. The van der Waals surface area contributed by atoms with E-state index in [4.69, 9.17) is 0 Å². The molecule has 0 aromatic heterocycles. The lowest BCUT2D eigenvalue weighted by atomic mass is 9.54. The van der Waals surface area contributed by atoms with Crippen LogP contribution in [0.1, 0.15) is 45.4 Å². The molecule has 3 N–H and O–H groups in total. The third-order valence-electron chi connectivity index (χ3n) is 6.99. The highest BCUT2D eigenvalue weighted by Gasteiger charge is 2.53. The summed E-state index contributed by atoms with van der Waals surface area (Å²) in [6, 6.07) is 0. The Balaban J connectivity index is 1.87. The molecule has 0 amide bonds. The Morgan fingerprint density at radius 1 is 1.14 bits per heavy atom. The first kappa shape index (κ1) is 14.7. The van der Waals surface area contributed by atoms with E-state index < -0.39 is 0 Å². The Kier molecular flexibility index (Phi) is 3.20. The first-order valence-electron chi connectivity index (χ1n) is 8.62. The summed E-state index contributed by atoms with van der Waals surface area (Å²) in [4.78, 5) is 0. The van der Waals surface area contributed by atoms with Gasteiger partial charge in [0.2, 0.25) is 0 Å². The zero-order valence-corrected chi connectivity index (χ0v) is 13.3. The van der Waals surface area contributed by atoms with Crippen molar-refractivity contribution in [2.24, 2.45) is 16.7 Å². The third kappa shape index (κ3) is 1.73. The molecule has 0 aromatic carbocycles. The lowest BCUT2D eigenvalue weighted by molar-refractivity contribution is 0.0351. The van der Waals surface area contributed by atoms with Gasteiger partial charge in [-0.05, 0) is 55.6 Å². The fourth-order valence-corrected chi connectivity index (χ4v) is 5.54. The van der Waals surface area contributed by atoms with E-state index in [0.717, 1.165) is 44.1 Å². The summed E-state index contributed by atoms with van der Waals surface area (Å²) in [7, 11) is 0. The van der Waals surface area contributed by atoms with Gasteiger partial charge in [-0.1, -0.05) is 30.7 Å². The molecule has 0 unspecified atom stereocenters. The van der Waals surface area contributed by atoms with Crippen molar-refractivity contribution in [3.8, 4) is 0 Å². The molecule has 3 heteroatoms. The quantitative estimate of drug-likeness (QED) is 0.697. The van der Waals surface area contributed by atoms with Gasteiger partial charge in [0.15, 0.2) is 0 Å². The van der Waals surface area contributed by atoms with Crippen molar-refractivity contribution in [3.63, 3.8) is 0 Å². The second-order valence-corrected chi connectivity index (χ2v) is 7.87. The van der Waals surface area contributed by atoms with Crippen molar-refractivity contribution in [2.75, 3.05) is 6.61 Å². The predicted molar refractivity (Wildman–Crippen MR) is 85.1 cm³/mol. The predicted octanol–water partition coefficient (Wildman–Crippen LogP) is 2.48. The highest BCUT2D eigenvalue weighted by molar-refractivity contribution is 5.49. The molecular weight excluding hydrogens is 276 g/mol. The summed E-state index contributed by atoms with van der Waals surface area (Å²) in [6.45, 7) is 2.36. The average molecular weight is 302 g/mol. The molecule has 1 fully saturated rings. The van der Waals surface area contributed by atoms with Crippen LogP contribution in [0.2, 0.25) is 0 Å². The Bertz CT molecular complexity index is 587. The minimum Gasteiger partial charge on any atom is -0.395 e. The molecule has 0 aliphatic heterocycles. The second kappa shape index (κ2) is 4.80. The van der Waals surface area contributed by atoms with Crippen molar-refractivity contribution in [3.05, 3.63) is 34.9 Å². The molecule has 4 rings (SSSR count). The first-order chi connectivity index (χ1) is 10.5. The Morgan fingerprint density at radius 2 is 1.95 bits per heavy atom. The molecule has 4 aliphatic rings. The zero-order valence-electron chi connectivity index (χ0n) is 13.3. The van der Waals surface area contributed by atoms with Gasteiger partial charge < -0.3 is 15.3 Å². The molecule has 0 saturated heterocycles. The monoisotopic (exact) mass is 302 g/mol. The highest BCUT2D eigenvalue weighted by Crippen LogP contribution is 2.60. The van der Waals surface area contributed by atoms with Crippen LogP contribution in [0.25, 0.3) is 0 Å². The van der Waals surface area contributed by atoms with Gasteiger partial charge in [-0.3, -0.25) is 0 Å². The lowest BCUT2D eigenvalue weighted by Gasteiger charge is -2.51. The molecule has 0 radical (unpaired) electrons. The van der Waals surface area contributed by atoms with Crippen LogP contribution in [0.5, 0.6) is 0 Å². The largest absolute Gasteiger partial charge is 0.395 e. The van der Waals surface area contributed by atoms with E-state index in [0.29, 0.717) is 5.92 Å². The fourth-order valence-electron chi connectivity index (χ4n) is 5.54. The summed E-state index contributed by atoms with van der Waals surface area (Å²) < 4.78 is 0. The number of allylic oxidation sites excluding steroid dienone is 3. The summed E-state index contributed by atoms with van der Waals surface area (Å²) >= 11 is 0. The molecule has 120 valence electrons. The molecule has 3 nitrogen and oxygen atoms in total. The molecular formula is C19H26O3. The Hall–Kier alpha value is -0.900. The van der Waals surface area contributed by atoms with Crippen molar-refractivity contribution in [2.45, 2.75) is 57.7 Å². The maximum atomic E-state index is 10.4. The third-order valence-corrected chi connectivity index (χ3v) is 6.99. The topological polar surface area (TPSA) is 60.7 Å². The molecule has 5 atom stereocenters. The Morgan fingerprint density at radius 3 is 2.73 bits per heavy atom. The van der Waals surface area contributed by atoms with E-state index >= 15 is 0 Å². The van der Waals surface area contributed by atoms with Gasteiger partial charge in [-0.15, -0.1) is 0 Å². The van der Waals surface area contributed by atoms with Crippen LogP contribution in [0.4, 0.5) is 0 Å². The van der Waals surface area contributed by atoms with E-state index in [1.54, 1.807) is 0 Å². The molecule has 0 heterocycles. The Labute approximate surface area is 132 Å². The van der Waals surface area contributed by atoms with E-state index in [-0.39, 0.29) is 29.6 Å². The van der Waals surface area contributed by atoms with Crippen molar-refractivity contribution < 1.29 is 15.3 Å². The van der Waals surface area contributed by atoms with Crippen LogP contribution in [-0.4, -0.2) is 34.1 Å². The van der Waals surface area contributed by atoms with E-state index in [1.807, 2.05) is 6.08 Å². The van der Waals surface area contributed by atoms with Gasteiger partial charge in [-0.25, -0.2) is 0 Å². The first-order valence-corrected chi connectivity index (χ1v) is 8.62. The summed E-state index contributed by atoms with van der Waals surface area (Å²) in [6.07, 6.45) is 11.1. The molecule has 22 heavy (non-hydrogen) atoms. The van der Waals surface area contributed by atoms with Crippen LogP contribution >= 0.6 is 0 Å². The molecule has 0 spiro atoms.